The molecule has 1 saturated carbocycles. The standard InChI is InChI=1S/C16H31NO/c1-12(2)16-10-15(8-9-18-16)17-11-14-6-4-13(3)5-7-14/h12-17H,4-11H2,1-3H3. The first kappa shape index (κ1) is 14.3. The Hall–Kier alpha value is -0.0800. The third-order valence-electron chi connectivity index (χ3n) is 4.89. The van der Waals surface area contributed by atoms with Crippen LogP contribution in [0.15, 0.2) is 0 Å². The van der Waals surface area contributed by atoms with Crippen molar-refractivity contribution < 1.29 is 4.74 Å². The quantitative estimate of drug-likeness (QED) is 0.826. The summed E-state index contributed by atoms with van der Waals surface area (Å²) in [6.45, 7) is 9.13. The lowest BCUT2D eigenvalue weighted by Gasteiger charge is -2.34. The fourth-order valence-electron chi connectivity index (χ4n) is 3.34. The van der Waals surface area contributed by atoms with Gasteiger partial charge in [-0.05, 0) is 50.0 Å². The van der Waals surface area contributed by atoms with Crippen LogP contribution < -0.4 is 5.32 Å². The van der Waals surface area contributed by atoms with Gasteiger partial charge in [0.05, 0.1) is 6.10 Å². The van der Waals surface area contributed by atoms with E-state index in [1.165, 1.54) is 45.1 Å². The summed E-state index contributed by atoms with van der Waals surface area (Å²) in [6, 6.07) is 0.700. The summed E-state index contributed by atoms with van der Waals surface area (Å²) < 4.78 is 5.84. The second kappa shape index (κ2) is 6.91. The Bertz CT molecular complexity index is 233. The molecule has 1 aliphatic carbocycles. The zero-order chi connectivity index (χ0) is 13.0. The van der Waals surface area contributed by atoms with Crippen LogP contribution in [0.4, 0.5) is 0 Å². The molecule has 1 heterocycles. The minimum Gasteiger partial charge on any atom is -0.378 e. The van der Waals surface area contributed by atoms with Gasteiger partial charge in [0, 0.05) is 12.6 Å². The van der Waals surface area contributed by atoms with E-state index in [0.717, 1.165) is 18.4 Å². The van der Waals surface area contributed by atoms with Crippen LogP contribution in [-0.2, 0) is 4.74 Å². The maximum Gasteiger partial charge on any atom is 0.0612 e. The van der Waals surface area contributed by atoms with E-state index in [1.807, 2.05) is 0 Å². The van der Waals surface area contributed by atoms with Crippen LogP contribution in [0.3, 0.4) is 0 Å². The van der Waals surface area contributed by atoms with Gasteiger partial charge in [0.25, 0.3) is 0 Å². The molecular formula is C16H31NO. The normalized spacial score (nSPS) is 38.0. The monoisotopic (exact) mass is 253 g/mol. The van der Waals surface area contributed by atoms with Crippen molar-refractivity contribution in [3.63, 3.8) is 0 Å². The molecule has 1 aliphatic heterocycles. The van der Waals surface area contributed by atoms with Crippen molar-refractivity contribution in [1.82, 2.24) is 5.32 Å². The molecule has 2 unspecified atom stereocenters. The van der Waals surface area contributed by atoms with Gasteiger partial charge in [-0.2, -0.15) is 0 Å². The number of rotatable bonds is 4. The molecule has 2 heteroatoms. The summed E-state index contributed by atoms with van der Waals surface area (Å²) in [6.07, 6.45) is 8.63. The van der Waals surface area contributed by atoms with Gasteiger partial charge in [0.15, 0.2) is 0 Å². The Balaban J connectivity index is 1.67. The topological polar surface area (TPSA) is 21.3 Å². The number of nitrogens with one attached hydrogen (secondary N) is 1. The molecule has 2 nitrogen and oxygen atoms in total. The van der Waals surface area contributed by atoms with Crippen molar-refractivity contribution in [2.45, 2.75) is 71.4 Å². The second-order valence-corrected chi connectivity index (χ2v) is 6.91. The van der Waals surface area contributed by atoms with Crippen LogP contribution in [0, 0.1) is 17.8 Å². The van der Waals surface area contributed by atoms with Crippen LogP contribution in [-0.4, -0.2) is 25.3 Å². The Morgan fingerprint density at radius 2 is 1.83 bits per heavy atom. The first-order chi connectivity index (χ1) is 8.65. The average molecular weight is 253 g/mol. The second-order valence-electron chi connectivity index (χ2n) is 6.91. The lowest BCUT2D eigenvalue weighted by atomic mass is 9.83. The van der Waals surface area contributed by atoms with Crippen molar-refractivity contribution >= 4 is 0 Å². The number of hydrogen-bond donors (Lipinski definition) is 1. The Kier molecular flexibility index (Phi) is 5.50. The molecule has 2 rings (SSSR count). The molecule has 0 bridgehead atoms. The lowest BCUT2D eigenvalue weighted by Crippen LogP contribution is -2.42. The largest absolute Gasteiger partial charge is 0.378 e. The van der Waals surface area contributed by atoms with Gasteiger partial charge in [0.1, 0.15) is 0 Å². The maximum atomic E-state index is 5.84. The summed E-state index contributed by atoms with van der Waals surface area (Å²) in [5, 5.41) is 3.81. The molecule has 0 aromatic rings. The highest BCUT2D eigenvalue weighted by Crippen LogP contribution is 2.28. The van der Waals surface area contributed by atoms with E-state index >= 15 is 0 Å². The molecule has 2 atom stereocenters. The first-order valence-corrected chi connectivity index (χ1v) is 8.00. The highest BCUT2D eigenvalue weighted by Gasteiger charge is 2.25. The van der Waals surface area contributed by atoms with Gasteiger partial charge in [0.2, 0.25) is 0 Å². The Labute approximate surface area is 113 Å². The zero-order valence-corrected chi connectivity index (χ0v) is 12.5. The van der Waals surface area contributed by atoms with E-state index in [9.17, 15) is 0 Å². The molecule has 106 valence electrons. The smallest absolute Gasteiger partial charge is 0.0612 e. The average Bonchev–Trinajstić information content (AvgIpc) is 2.38. The molecule has 2 fully saturated rings. The van der Waals surface area contributed by atoms with Crippen LogP contribution in [0.2, 0.25) is 0 Å². The third-order valence-corrected chi connectivity index (χ3v) is 4.89. The first-order valence-electron chi connectivity index (χ1n) is 8.00. The van der Waals surface area contributed by atoms with E-state index in [0.29, 0.717) is 18.1 Å². The lowest BCUT2D eigenvalue weighted by molar-refractivity contribution is -0.0249. The van der Waals surface area contributed by atoms with Gasteiger partial charge >= 0.3 is 0 Å². The fraction of sp³-hybridized carbons (Fsp3) is 1.00. The summed E-state index contributed by atoms with van der Waals surface area (Å²) >= 11 is 0. The highest BCUT2D eigenvalue weighted by atomic mass is 16.5. The molecule has 1 saturated heterocycles. The van der Waals surface area contributed by atoms with Crippen LogP contribution in [0.1, 0.15) is 59.3 Å². The van der Waals surface area contributed by atoms with E-state index in [2.05, 4.69) is 26.1 Å². The molecule has 0 radical (unpaired) electrons. The highest BCUT2D eigenvalue weighted by molar-refractivity contribution is 4.80. The minimum absolute atomic E-state index is 0.475. The summed E-state index contributed by atoms with van der Waals surface area (Å²) in [5.74, 6) is 2.56. The van der Waals surface area contributed by atoms with Crippen LogP contribution in [0.25, 0.3) is 0 Å². The molecular weight excluding hydrogens is 222 g/mol. The molecule has 0 aromatic carbocycles. The number of hydrogen-bond acceptors (Lipinski definition) is 2. The van der Waals surface area contributed by atoms with Crippen molar-refractivity contribution in [2.24, 2.45) is 17.8 Å². The van der Waals surface area contributed by atoms with Crippen molar-refractivity contribution in [3.8, 4) is 0 Å². The van der Waals surface area contributed by atoms with Crippen molar-refractivity contribution in [2.75, 3.05) is 13.2 Å². The Morgan fingerprint density at radius 3 is 2.50 bits per heavy atom. The molecule has 0 spiro atoms. The molecule has 2 aliphatic rings. The van der Waals surface area contributed by atoms with Crippen molar-refractivity contribution in [1.29, 1.82) is 0 Å². The fourth-order valence-corrected chi connectivity index (χ4v) is 3.34. The van der Waals surface area contributed by atoms with E-state index in [1.54, 1.807) is 0 Å². The van der Waals surface area contributed by atoms with Gasteiger partial charge in [-0.25, -0.2) is 0 Å². The molecule has 0 amide bonds. The Morgan fingerprint density at radius 1 is 1.11 bits per heavy atom. The van der Waals surface area contributed by atoms with E-state index < -0.39 is 0 Å². The van der Waals surface area contributed by atoms with Crippen LogP contribution in [0.5, 0.6) is 0 Å². The van der Waals surface area contributed by atoms with E-state index in [-0.39, 0.29) is 0 Å². The maximum absolute atomic E-state index is 5.84. The predicted octanol–water partition coefficient (Wildman–Crippen LogP) is 3.61. The summed E-state index contributed by atoms with van der Waals surface area (Å²) in [4.78, 5) is 0. The van der Waals surface area contributed by atoms with E-state index in [4.69, 9.17) is 4.74 Å². The third kappa shape index (κ3) is 4.24. The van der Waals surface area contributed by atoms with Gasteiger partial charge in [-0.3, -0.25) is 0 Å². The van der Waals surface area contributed by atoms with Gasteiger partial charge in [-0.15, -0.1) is 0 Å². The van der Waals surface area contributed by atoms with Crippen LogP contribution >= 0.6 is 0 Å². The number of ether oxygens (including phenoxy) is 1. The SMILES string of the molecule is CC1CCC(CNC2CCOC(C(C)C)C2)CC1. The molecule has 1 N–H and O–H groups in total. The summed E-state index contributed by atoms with van der Waals surface area (Å²) in [7, 11) is 0. The van der Waals surface area contributed by atoms with Crippen molar-refractivity contribution in [3.05, 3.63) is 0 Å². The van der Waals surface area contributed by atoms with Gasteiger partial charge < -0.3 is 10.1 Å². The van der Waals surface area contributed by atoms with Gasteiger partial charge in [-0.1, -0.05) is 33.6 Å². The molecule has 18 heavy (non-hydrogen) atoms. The minimum atomic E-state index is 0.475. The predicted molar refractivity (Wildman–Crippen MR) is 76.7 cm³/mol. The summed E-state index contributed by atoms with van der Waals surface area (Å²) in [5.41, 5.74) is 0. The molecule has 0 aromatic heterocycles. The zero-order valence-electron chi connectivity index (χ0n) is 12.5.